The smallest absolute Gasteiger partial charge is 0.292 e. The second kappa shape index (κ2) is 4.75. The molecule has 0 aliphatic heterocycles. The maximum Gasteiger partial charge on any atom is 0.297 e. The van der Waals surface area contributed by atoms with Gasteiger partial charge in [0, 0.05) is 4.88 Å². The number of rotatable bonds is 4. The Balaban J connectivity index is 2.97. The Kier molecular flexibility index (Phi) is 3.88. The molecule has 1 aromatic rings. The Morgan fingerprint density at radius 3 is 2.43 bits per heavy atom. The predicted octanol–water partition coefficient (Wildman–Crippen LogP) is 2.59. The topological polar surface area (TPSA) is 34.1 Å². The van der Waals surface area contributed by atoms with E-state index >= 15 is 0 Å². The van der Waals surface area contributed by atoms with Crippen molar-refractivity contribution in [1.29, 1.82) is 0 Å². The van der Waals surface area contributed by atoms with Crippen LogP contribution in [0, 0.1) is 0 Å². The third-order valence-electron chi connectivity index (χ3n) is 1.55. The van der Waals surface area contributed by atoms with Crippen LogP contribution < -0.4 is 0 Å². The highest BCUT2D eigenvalue weighted by atomic mass is 79.9. The number of hydrogen-bond donors (Lipinski definition) is 0. The van der Waals surface area contributed by atoms with Gasteiger partial charge in [0.25, 0.3) is 6.43 Å². The Morgan fingerprint density at radius 1 is 1.43 bits per heavy atom. The van der Waals surface area contributed by atoms with Crippen LogP contribution in [0.5, 0.6) is 0 Å². The standard InChI is InChI=1S/C8H5BrF2O2S/c9-7(13)5(6(12)8(10)11)4-2-1-3-14-4/h1-3,5,8H. The number of alkyl halides is 2. The number of Topliss-reactive ketones (excluding diaryl/α,β-unsaturated/α-hetero) is 1. The quantitative estimate of drug-likeness (QED) is 0.628. The van der Waals surface area contributed by atoms with Crippen LogP contribution in [0.3, 0.4) is 0 Å². The lowest BCUT2D eigenvalue weighted by atomic mass is 10.0. The number of hydrogen-bond acceptors (Lipinski definition) is 3. The summed E-state index contributed by atoms with van der Waals surface area (Å²) in [6.45, 7) is 0. The number of halogens is 3. The van der Waals surface area contributed by atoms with Gasteiger partial charge in [-0.2, -0.15) is 0 Å². The first-order chi connectivity index (χ1) is 6.54. The van der Waals surface area contributed by atoms with Crippen molar-refractivity contribution in [1.82, 2.24) is 0 Å². The van der Waals surface area contributed by atoms with Crippen LogP contribution >= 0.6 is 27.3 Å². The number of carbonyl (C=O) groups is 2. The van der Waals surface area contributed by atoms with Crippen LogP contribution in [0.2, 0.25) is 0 Å². The molecule has 0 saturated heterocycles. The van der Waals surface area contributed by atoms with Crippen LogP contribution in [0.1, 0.15) is 10.8 Å². The van der Waals surface area contributed by atoms with E-state index in [1.54, 1.807) is 11.4 Å². The highest BCUT2D eigenvalue weighted by Crippen LogP contribution is 2.27. The molecule has 0 aliphatic rings. The molecule has 14 heavy (non-hydrogen) atoms. The van der Waals surface area contributed by atoms with E-state index in [-0.39, 0.29) is 0 Å². The first kappa shape index (κ1) is 11.5. The van der Waals surface area contributed by atoms with Gasteiger partial charge in [-0.1, -0.05) is 6.07 Å². The van der Waals surface area contributed by atoms with Crippen molar-refractivity contribution in [2.24, 2.45) is 0 Å². The zero-order valence-electron chi connectivity index (χ0n) is 6.75. The largest absolute Gasteiger partial charge is 0.297 e. The highest BCUT2D eigenvalue weighted by molar-refractivity contribution is 9.18. The molecule has 1 rings (SSSR count). The molecule has 1 atom stereocenters. The number of thiophene rings is 1. The van der Waals surface area contributed by atoms with Gasteiger partial charge in [-0.15, -0.1) is 11.3 Å². The zero-order chi connectivity index (χ0) is 10.7. The summed E-state index contributed by atoms with van der Waals surface area (Å²) in [7, 11) is 0. The first-order valence-electron chi connectivity index (χ1n) is 3.58. The second-order valence-corrected chi connectivity index (χ2v) is 4.22. The summed E-state index contributed by atoms with van der Waals surface area (Å²) in [5.41, 5.74) is 0. The van der Waals surface area contributed by atoms with E-state index in [1.165, 1.54) is 6.07 Å². The second-order valence-electron chi connectivity index (χ2n) is 2.46. The monoisotopic (exact) mass is 282 g/mol. The van der Waals surface area contributed by atoms with Crippen molar-refractivity contribution < 1.29 is 18.4 Å². The first-order valence-corrected chi connectivity index (χ1v) is 5.26. The Hall–Kier alpha value is -0.620. The third-order valence-corrected chi connectivity index (χ3v) is 2.95. The van der Waals surface area contributed by atoms with Crippen molar-refractivity contribution in [3.05, 3.63) is 22.4 Å². The molecule has 0 radical (unpaired) electrons. The fourth-order valence-corrected chi connectivity index (χ4v) is 2.40. The molecule has 0 spiro atoms. The van der Waals surface area contributed by atoms with Gasteiger partial charge in [-0.05, 0) is 27.4 Å². The third kappa shape index (κ3) is 2.45. The highest BCUT2D eigenvalue weighted by Gasteiger charge is 2.33. The lowest BCUT2D eigenvalue weighted by molar-refractivity contribution is -0.133. The molecule has 2 nitrogen and oxygen atoms in total. The van der Waals surface area contributed by atoms with Crippen molar-refractivity contribution in [2.45, 2.75) is 12.3 Å². The minimum Gasteiger partial charge on any atom is -0.292 e. The molecule has 0 N–H and O–H groups in total. The number of carbonyl (C=O) groups excluding carboxylic acids is 2. The van der Waals surface area contributed by atoms with Gasteiger partial charge in [-0.25, -0.2) is 8.78 Å². The van der Waals surface area contributed by atoms with Gasteiger partial charge in [0.2, 0.25) is 10.5 Å². The molecule has 1 heterocycles. The Morgan fingerprint density at radius 2 is 2.07 bits per heavy atom. The molecule has 1 aromatic heterocycles. The van der Waals surface area contributed by atoms with E-state index in [0.29, 0.717) is 4.88 Å². The van der Waals surface area contributed by atoms with Gasteiger partial charge in [0.15, 0.2) is 0 Å². The lowest BCUT2D eigenvalue weighted by Gasteiger charge is -2.08. The van der Waals surface area contributed by atoms with E-state index < -0.39 is 22.8 Å². The summed E-state index contributed by atoms with van der Waals surface area (Å²) in [5, 5.41) is 1.62. The molecule has 0 aliphatic carbocycles. The van der Waals surface area contributed by atoms with Crippen LogP contribution in [0.15, 0.2) is 17.5 Å². The molecule has 1 unspecified atom stereocenters. The SMILES string of the molecule is O=C(Br)C(C(=O)C(F)F)c1cccs1. The average molecular weight is 283 g/mol. The molecule has 0 fully saturated rings. The van der Waals surface area contributed by atoms with Gasteiger partial charge < -0.3 is 0 Å². The summed E-state index contributed by atoms with van der Waals surface area (Å²) in [6, 6.07) is 3.08. The average Bonchev–Trinajstić information content (AvgIpc) is 2.56. The van der Waals surface area contributed by atoms with E-state index in [0.717, 1.165) is 11.3 Å². The lowest BCUT2D eigenvalue weighted by Crippen LogP contribution is -2.23. The van der Waals surface area contributed by atoms with Crippen LogP contribution in [0.25, 0.3) is 0 Å². The molecule has 0 bridgehead atoms. The molecular weight excluding hydrogens is 278 g/mol. The zero-order valence-corrected chi connectivity index (χ0v) is 9.15. The predicted molar refractivity (Wildman–Crippen MR) is 52.0 cm³/mol. The van der Waals surface area contributed by atoms with Crippen LogP contribution in [-0.2, 0) is 9.59 Å². The van der Waals surface area contributed by atoms with Crippen molar-refractivity contribution in [3.63, 3.8) is 0 Å². The Labute approximate surface area is 91.1 Å². The van der Waals surface area contributed by atoms with Crippen LogP contribution in [-0.4, -0.2) is 16.9 Å². The minimum absolute atomic E-state index is 0.331. The van der Waals surface area contributed by atoms with Gasteiger partial charge in [0.05, 0.1) is 0 Å². The fourth-order valence-electron chi connectivity index (χ4n) is 0.945. The molecule has 6 heteroatoms. The molecule has 0 amide bonds. The molecule has 0 saturated carbocycles. The Bertz CT molecular complexity index is 337. The summed E-state index contributed by atoms with van der Waals surface area (Å²) < 4.78 is 23.5. The van der Waals surface area contributed by atoms with Crippen molar-refractivity contribution in [2.75, 3.05) is 0 Å². The normalized spacial score (nSPS) is 12.9. The van der Waals surface area contributed by atoms with Crippen LogP contribution in [0.4, 0.5) is 8.78 Å². The molecule has 0 aromatic carbocycles. The van der Waals surface area contributed by atoms with Gasteiger partial charge >= 0.3 is 0 Å². The fraction of sp³-hybridized carbons (Fsp3) is 0.250. The van der Waals surface area contributed by atoms with Crippen molar-refractivity contribution in [3.8, 4) is 0 Å². The van der Waals surface area contributed by atoms with Gasteiger partial charge in [-0.3, -0.25) is 9.59 Å². The van der Waals surface area contributed by atoms with E-state index in [4.69, 9.17) is 0 Å². The minimum atomic E-state index is -3.12. The maximum absolute atomic E-state index is 12.1. The van der Waals surface area contributed by atoms with Crippen molar-refractivity contribution >= 4 is 37.7 Å². The molecule has 76 valence electrons. The summed E-state index contributed by atoms with van der Waals surface area (Å²) in [6.07, 6.45) is -3.12. The summed E-state index contributed by atoms with van der Waals surface area (Å²) in [5.74, 6) is -2.75. The van der Waals surface area contributed by atoms with Gasteiger partial charge in [0.1, 0.15) is 5.92 Å². The molecular formula is C8H5BrF2O2S. The summed E-state index contributed by atoms with van der Waals surface area (Å²) >= 11 is 3.64. The number of ketones is 1. The van der Waals surface area contributed by atoms with E-state index in [9.17, 15) is 18.4 Å². The van der Waals surface area contributed by atoms with E-state index in [1.807, 2.05) is 0 Å². The summed E-state index contributed by atoms with van der Waals surface area (Å²) in [4.78, 5) is 22.3. The maximum atomic E-state index is 12.1. The van der Waals surface area contributed by atoms with E-state index in [2.05, 4.69) is 15.9 Å².